The molecule has 0 atom stereocenters. The van der Waals surface area contributed by atoms with Crippen molar-refractivity contribution >= 4 is 15.7 Å². The largest absolute Gasteiger partial charge is 0.497 e. The fraction of sp³-hybridized carbons (Fsp3) is 0.267. The minimum Gasteiger partial charge on any atom is -0.497 e. The molecular formula is C15H15NO5S. The number of ether oxygens (including phenoxy) is 1. The van der Waals surface area contributed by atoms with Gasteiger partial charge in [-0.05, 0) is 30.3 Å². The number of nitrogens with zero attached hydrogens (tertiary/aromatic N) is 1. The Morgan fingerprint density at radius 2 is 1.91 bits per heavy atom. The first kappa shape index (κ1) is 14.6. The highest BCUT2D eigenvalue weighted by Crippen LogP contribution is 2.26. The second-order valence-electron chi connectivity index (χ2n) is 5.06. The molecule has 1 fully saturated rings. The van der Waals surface area contributed by atoms with E-state index in [0.29, 0.717) is 11.3 Å². The summed E-state index contributed by atoms with van der Waals surface area (Å²) >= 11 is 0. The van der Waals surface area contributed by atoms with E-state index in [0.717, 1.165) is 0 Å². The maximum Gasteiger partial charge on any atom is 0.257 e. The number of carbonyl (C=O) groups is 1. The van der Waals surface area contributed by atoms with Gasteiger partial charge in [-0.25, -0.2) is 8.42 Å². The lowest BCUT2D eigenvalue weighted by atomic mass is 10.2. The molecule has 2 aromatic rings. The molecule has 0 N–H and O–H groups in total. The molecule has 116 valence electrons. The Bertz CT molecular complexity index is 759. The molecule has 0 spiro atoms. The van der Waals surface area contributed by atoms with Crippen molar-refractivity contribution in [3.63, 3.8) is 0 Å². The Morgan fingerprint density at radius 3 is 2.45 bits per heavy atom. The summed E-state index contributed by atoms with van der Waals surface area (Å²) in [5, 5.41) is -0.572. The van der Waals surface area contributed by atoms with Gasteiger partial charge >= 0.3 is 0 Å². The fourth-order valence-electron chi connectivity index (χ4n) is 2.33. The number of hydrogen-bond donors (Lipinski definition) is 0. The minimum absolute atomic E-state index is 0.193. The Kier molecular flexibility index (Phi) is 3.66. The summed E-state index contributed by atoms with van der Waals surface area (Å²) in [5.74, 6) is 0.388. The van der Waals surface area contributed by atoms with E-state index < -0.39 is 15.1 Å². The molecule has 0 saturated carbocycles. The molecule has 0 aliphatic carbocycles. The quantitative estimate of drug-likeness (QED) is 0.854. The number of sulfone groups is 1. The van der Waals surface area contributed by atoms with Crippen molar-refractivity contribution in [3.8, 4) is 5.75 Å². The van der Waals surface area contributed by atoms with Crippen LogP contribution in [0.15, 0.2) is 52.2 Å². The molecule has 22 heavy (non-hydrogen) atoms. The van der Waals surface area contributed by atoms with E-state index in [4.69, 9.17) is 9.15 Å². The molecule has 7 heteroatoms. The highest BCUT2D eigenvalue weighted by molar-refractivity contribution is 7.92. The first-order chi connectivity index (χ1) is 10.5. The average molecular weight is 321 g/mol. The van der Waals surface area contributed by atoms with E-state index in [9.17, 15) is 13.2 Å². The third-order valence-electron chi connectivity index (χ3n) is 3.73. The predicted molar refractivity (Wildman–Crippen MR) is 78.6 cm³/mol. The minimum atomic E-state index is -3.44. The van der Waals surface area contributed by atoms with Gasteiger partial charge in [0.05, 0.1) is 23.8 Å². The van der Waals surface area contributed by atoms with Crippen LogP contribution in [0.25, 0.3) is 0 Å². The van der Waals surface area contributed by atoms with E-state index in [1.54, 1.807) is 18.2 Å². The van der Waals surface area contributed by atoms with Crippen LogP contribution in [-0.4, -0.2) is 44.7 Å². The molecule has 1 aromatic carbocycles. The second-order valence-corrected chi connectivity index (χ2v) is 7.29. The van der Waals surface area contributed by atoms with E-state index in [-0.39, 0.29) is 23.9 Å². The summed E-state index contributed by atoms with van der Waals surface area (Å²) in [6.07, 6.45) is 2.77. The predicted octanol–water partition coefficient (Wildman–Crippen LogP) is 1.59. The lowest BCUT2D eigenvalue weighted by Crippen LogP contribution is -2.56. The van der Waals surface area contributed by atoms with Gasteiger partial charge in [0, 0.05) is 13.1 Å². The summed E-state index contributed by atoms with van der Waals surface area (Å²) in [4.78, 5) is 13.8. The number of furan rings is 1. The number of hydrogen-bond acceptors (Lipinski definition) is 5. The molecule has 6 nitrogen and oxygen atoms in total. The molecule has 1 aliphatic rings. The molecule has 0 unspecified atom stereocenters. The standard InChI is InChI=1S/C15H15NO5S/c1-20-12-2-4-13(5-3-12)22(18,19)14-8-16(9-14)15(17)11-6-7-21-10-11/h2-7,10,14H,8-9H2,1H3. The lowest BCUT2D eigenvalue weighted by molar-refractivity contribution is 0.0658. The van der Waals surface area contributed by atoms with E-state index >= 15 is 0 Å². The zero-order valence-corrected chi connectivity index (χ0v) is 12.7. The smallest absolute Gasteiger partial charge is 0.257 e. The first-order valence-electron chi connectivity index (χ1n) is 6.72. The molecular weight excluding hydrogens is 306 g/mol. The van der Waals surface area contributed by atoms with Gasteiger partial charge in [0.15, 0.2) is 9.84 Å². The summed E-state index contributed by atoms with van der Waals surface area (Å²) < 4.78 is 34.8. The maximum atomic E-state index is 12.5. The number of likely N-dealkylation sites (tertiary alicyclic amines) is 1. The zero-order valence-electron chi connectivity index (χ0n) is 11.9. The molecule has 0 radical (unpaired) electrons. The summed E-state index contributed by atoms with van der Waals surface area (Å²) in [5.41, 5.74) is 0.431. The Labute approximate surface area is 128 Å². The number of benzene rings is 1. The molecule has 1 amide bonds. The molecule has 1 aliphatic heterocycles. The molecule has 3 rings (SSSR count). The molecule has 2 heterocycles. The monoisotopic (exact) mass is 321 g/mol. The van der Waals surface area contributed by atoms with Crippen LogP contribution in [0.2, 0.25) is 0 Å². The van der Waals surface area contributed by atoms with Gasteiger partial charge in [-0.3, -0.25) is 4.79 Å². The zero-order chi connectivity index (χ0) is 15.7. The fourth-order valence-corrected chi connectivity index (χ4v) is 3.98. The number of methoxy groups -OCH3 is 1. The normalized spacial score (nSPS) is 15.4. The topological polar surface area (TPSA) is 76.8 Å². The van der Waals surface area contributed by atoms with Crippen molar-refractivity contribution < 1.29 is 22.4 Å². The van der Waals surface area contributed by atoms with Crippen molar-refractivity contribution in [1.82, 2.24) is 4.90 Å². The number of rotatable bonds is 4. The third kappa shape index (κ3) is 2.48. The van der Waals surface area contributed by atoms with E-state index in [1.165, 1.54) is 36.7 Å². The SMILES string of the molecule is COc1ccc(S(=O)(=O)C2CN(C(=O)c3ccoc3)C2)cc1. The van der Waals surface area contributed by atoms with Crippen LogP contribution in [0.1, 0.15) is 10.4 Å². The van der Waals surface area contributed by atoms with E-state index in [2.05, 4.69) is 0 Å². The van der Waals surface area contributed by atoms with Crippen LogP contribution in [-0.2, 0) is 9.84 Å². The first-order valence-corrected chi connectivity index (χ1v) is 8.26. The second kappa shape index (κ2) is 5.49. The molecule has 1 saturated heterocycles. The Balaban J connectivity index is 1.69. The number of carbonyl (C=O) groups excluding carboxylic acids is 1. The van der Waals surface area contributed by atoms with Crippen molar-refractivity contribution in [2.45, 2.75) is 10.1 Å². The van der Waals surface area contributed by atoms with Gasteiger partial charge in [-0.1, -0.05) is 0 Å². The van der Waals surface area contributed by atoms with Crippen molar-refractivity contribution in [2.24, 2.45) is 0 Å². The Hall–Kier alpha value is -2.28. The van der Waals surface area contributed by atoms with Gasteiger partial charge in [0.25, 0.3) is 5.91 Å². The van der Waals surface area contributed by atoms with Gasteiger partial charge in [-0.15, -0.1) is 0 Å². The van der Waals surface area contributed by atoms with Crippen molar-refractivity contribution in [1.29, 1.82) is 0 Å². The van der Waals surface area contributed by atoms with Crippen LogP contribution in [0.3, 0.4) is 0 Å². The summed E-state index contributed by atoms with van der Waals surface area (Å²) in [6, 6.07) is 7.83. The number of amides is 1. The van der Waals surface area contributed by atoms with Crippen molar-refractivity contribution in [3.05, 3.63) is 48.4 Å². The summed E-state index contributed by atoms with van der Waals surface area (Å²) in [6.45, 7) is 0.386. The maximum absolute atomic E-state index is 12.5. The molecule has 1 aromatic heterocycles. The van der Waals surface area contributed by atoms with Crippen molar-refractivity contribution in [2.75, 3.05) is 20.2 Å². The molecule has 0 bridgehead atoms. The van der Waals surface area contributed by atoms with Crippen LogP contribution in [0.5, 0.6) is 5.75 Å². The van der Waals surface area contributed by atoms with Crippen LogP contribution < -0.4 is 4.74 Å². The van der Waals surface area contributed by atoms with Gasteiger partial charge < -0.3 is 14.1 Å². The van der Waals surface area contributed by atoms with Gasteiger partial charge in [0.1, 0.15) is 17.3 Å². The average Bonchev–Trinajstić information content (AvgIpc) is 2.99. The highest BCUT2D eigenvalue weighted by atomic mass is 32.2. The Morgan fingerprint density at radius 1 is 1.23 bits per heavy atom. The van der Waals surface area contributed by atoms with Gasteiger partial charge in [0.2, 0.25) is 0 Å². The van der Waals surface area contributed by atoms with Crippen LogP contribution in [0, 0.1) is 0 Å². The summed E-state index contributed by atoms with van der Waals surface area (Å²) in [7, 11) is -1.91. The third-order valence-corrected chi connectivity index (χ3v) is 5.84. The van der Waals surface area contributed by atoms with E-state index in [1.807, 2.05) is 0 Å². The highest BCUT2D eigenvalue weighted by Gasteiger charge is 2.40. The van der Waals surface area contributed by atoms with Crippen LogP contribution >= 0.6 is 0 Å². The lowest BCUT2D eigenvalue weighted by Gasteiger charge is -2.38. The van der Waals surface area contributed by atoms with Gasteiger partial charge in [-0.2, -0.15) is 0 Å². The van der Waals surface area contributed by atoms with Crippen LogP contribution in [0.4, 0.5) is 0 Å².